The number of rotatable bonds is 4. The molecule has 0 saturated heterocycles. The summed E-state index contributed by atoms with van der Waals surface area (Å²) in [5.41, 5.74) is 0. The zero-order valence-corrected chi connectivity index (χ0v) is 4.95. The Balaban J connectivity index is 3.04. The highest BCUT2D eigenvalue weighted by molar-refractivity contribution is 4.29. The van der Waals surface area contributed by atoms with Crippen LogP contribution in [0.2, 0.25) is 0 Å². The summed E-state index contributed by atoms with van der Waals surface area (Å²) in [4.78, 5) is 0. The van der Waals surface area contributed by atoms with Crippen molar-refractivity contribution < 1.29 is 27.0 Å². The molecule has 0 amide bonds. The molecule has 62 valence electrons. The molecule has 2 nitrogen and oxygen atoms in total. The molecule has 0 aromatic carbocycles. The van der Waals surface area contributed by atoms with Gasteiger partial charge in [0.05, 0.1) is 13.2 Å². The van der Waals surface area contributed by atoms with Gasteiger partial charge in [-0.15, -0.1) is 13.2 Å². The lowest BCUT2D eigenvalue weighted by Crippen LogP contribution is -2.16. The molecule has 0 spiro atoms. The van der Waals surface area contributed by atoms with Crippen molar-refractivity contribution in [2.45, 2.75) is 6.36 Å². The lowest BCUT2D eigenvalue weighted by molar-refractivity contribution is -0.327. The van der Waals surface area contributed by atoms with Crippen LogP contribution in [0.25, 0.3) is 0 Å². The summed E-state index contributed by atoms with van der Waals surface area (Å²) >= 11 is 0. The Hall–Kier alpha value is -0.360. The number of ether oxygens (including phenoxy) is 2. The molecule has 0 aromatic heterocycles. The van der Waals surface area contributed by atoms with E-state index >= 15 is 0 Å². The second-order valence-corrected chi connectivity index (χ2v) is 1.31. The Morgan fingerprint density at radius 1 is 1.10 bits per heavy atom. The van der Waals surface area contributed by atoms with Crippen molar-refractivity contribution in [3.63, 3.8) is 0 Å². The minimum atomic E-state index is -4.65. The maximum Gasteiger partial charge on any atom is 0.522 e. The lowest BCUT2D eigenvalue weighted by Gasteiger charge is -2.05. The van der Waals surface area contributed by atoms with Crippen molar-refractivity contribution in [3.05, 3.63) is 0 Å². The van der Waals surface area contributed by atoms with Crippen molar-refractivity contribution in [1.29, 1.82) is 0 Å². The van der Waals surface area contributed by atoms with Crippen LogP contribution >= 0.6 is 0 Å². The Bertz CT molecular complexity index is 81.8. The Morgan fingerprint density at radius 3 is 2.10 bits per heavy atom. The molecule has 10 heavy (non-hydrogen) atoms. The molecular formula is C4H6F4O2. The van der Waals surface area contributed by atoms with Crippen LogP contribution in [-0.2, 0) is 9.47 Å². The van der Waals surface area contributed by atoms with Crippen molar-refractivity contribution in [3.8, 4) is 0 Å². The van der Waals surface area contributed by atoms with Crippen LogP contribution in [0.15, 0.2) is 0 Å². The maximum atomic E-state index is 11.1. The molecular weight excluding hydrogens is 156 g/mol. The lowest BCUT2D eigenvalue weighted by atomic mass is 10.8. The normalized spacial score (nSPS) is 12.0. The molecule has 0 aliphatic heterocycles. The first-order chi connectivity index (χ1) is 4.56. The summed E-state index contributed by atoms with van der Waals surface area (Å²) < 4.78 is 51.6. The Morgan fingerprint density at radius 2 is 1.70 bits per heavy atom. The summed E-state index contributed by atoms with van der Waals surface area (Å²) in [6.45, 7) is -2.16. The Labute approximate surface area is 54.7 Å². The van der Waals surface area contributed by atoms with Gasteiger partial charge in [-0.1, -0.05) is 0 Å². The molecule has 0 rings (SSSR count). The minimum absolute atomic E-state index is 0.393. The first-order valence-corrected chi connectivity index (χ1v) is 2.40. The third-order valence-corrected chi connectivity index (χ3v) is 0.571. The summed E-state index contributed by atoms with van der Waals surface area (Å²) in [6.07, 6.45) is -4.65. The van der Waals surface area contributed by atoms with E-state index in [9.17, 15) is 17.6 Å². The molecule has 0 aromatic rings. The second-order valence-electron chi connectivity index (χ2n) is 1.31. The summed E-state index contributed by atoms with van der Waals surface area (Å²) in [5, 5.41) is 0. The quantitative estimate of drug-likeness (QED) is 0.460. The zero-order valence-electron chi connectivity index (χ0n) is 4.95. The number of hydrogen-bond acceptors (Lipinski definition) is 2. The standard InChI is InChI=1S/C4H6F4O2/c5-3-9-1-2-10-4(6,7)8/h1-3H2. The predicted octanol–water partition coefficient (Wildman–Crippen LogP) is 1.47. The average Bonchev–Trinajstić information content (AvgIpc) is 1.78. The van der Waals surface area contributed by atoms with Gasteiger partial charge in [0.1, 0.15) is 0 Å². The molecule has 0 N–H and O–H groups in total. The van der Waals surface area contributed by atoms with E-state index in [0.29, 0.717) is 0 Å². The minimum Gasteiger partial charge on any atom is -0.348 e. The fourth-order valence-corrected chi connectivity index (χ4v) is 0.271. The van der Waals surface area contributed by atoms with Gasteiger partial charge in [-0.25, -0.2) is 4.39 Å². The van der Waals surface area contributed by atoms with Crippen LogP contribution in [-0.4, -0.2) is 26.4 Å². The highest BCUT2D eigenvalue weighted by Crippen LogP contribution is 2.15. The number of alkyl halides is 4. The zero-order chi connectivity index (χ0) is 8.04. The molecule has 0 unspecified atom stereocenters. The van der Waals surface area contributed by atoms with Crippen molar-refractivity contribution in [1.82, 2.24) is 0 Å². The van der Waals surface area contributed by atoms with Gasteiger partial charge in [-0.3, -0.25) is 4.74 Å². The van der Waals surface area contributed by atoms with Gasteiger partial charge in [-0.2, -0.15) is 0 Å². The summed E-state index contributed by atoms with van der Waals surface area (Å²) in [6, 6.07) is 0. The van der Waals surface area contributed by atoms with E-state index in [-0.39, 0.29) is 0 Å². The molecule has 0 aliphatic carbocycles. The molecule has 0 bridgehead atoms. The van der Waals surface area contributed by atoms with E-state index < -0.39 is 26.4 Å². The van der Waals surface area contributed by atoms with E-state index in [0.717, 1.165) is 0 Å². The van der Waals surface area contributed by atoms with E-state index in [2.05, 4.69) is 9.47 Å². The fourth-order valence-electron chi connectivity index (χ4n) is 0.271. The van der Waals surface area contributed by atoms with Gasteiger partial charge in [0.15, 0.2) is 6.86 Å². The largest absolute Gasteiger partial charge is 0.522 e. The van der Waals surface area contributed by atoms with Gasteiger partial charge in [0.2, 0.25) is 0 Å². The number of halogens is 4. The maximum absolute atomic E-state index is 11.1. The van der Waals surface area contributed by atoms with Crippen molar-refractivity contribution in [2.24, 2.45) is 0 Å². The van der Waals surface area contributed by atoms with E-state index in [1.54, 1.807) is 0 Å². The van der Waals surface area contributed by atoms with E-state index in [1.807, 2.05) is 0 Å². The molecule has 0 aliphatic rings. The molecule has 0 saturated carbocycles. The molecule has 6 heteroatoms. The molecule has 0 radical (unpaired) electrons. The molecule has 0 fully saturated rings. The van der Waals surface area contributed by atoms with Crippen molar-refractivity contribution in [2.75, 3.05) is 20.1 Å². The third kappa shape index (κ3) is 7.64. The topological polar surface area (TPSA) is 18.5 Å². The van der Waals surface area contributed by atoms with Crippen molar-refractivity contribution >= 4 is 0 Å². The smallest absolute Gasteiger partial charge is 0.348 e. The first-order valence-electron chi connectivity index (χ1n) is 2.40. The summed E-state index contributed by atoms with van der Waals surface area (Å²) in [5.74, 6) is 0. The van der Waals surface area contributed by atoms with E-state index in [4.69, 9.17) is 0 Å². The van der Waals surface area contributed by atoms with Gasteiger partial charge >= 0.3 is 6.36 Å². The average molecular weight is 162 g/mol. The van der Waals surface area contributed by atoms with E-state index in [1.165, 1.54) is 0 Å². The SMILES string of the molecule is FCOCCOC(F)(F)F. The highest BCUT2D eigenvalue weighted by atomic mass is 19.4. The monoisotopic (exact) mass is 162 g/mol. The van der Waals surface area contributed by atoms with Gasteiger partial charge in [0, 0.05) is 0 Å². The van der Waals surface area contributed by atoms with Gasteiger partial charge in [-0.05, 0) is 0 Å². The summed E-state index contributed by atoms with van der Waals surface area (Å²) in [7, 11) is 0. The second kappa shape index (κ2) is 4.45. The highest BCUT2D eigenvalue weighted by Gasteiger charge is 2.28. The molecule has 0 atom stereocenters. The van der Waals surface area contributed by atoms with Crippen LogP contribution < -0.4 is 0 Å². The predicted molar refractivity (Wildman–Crippen MR) is 23.9 cm³/mol. The van der Waals surface area contributed by atoms with Crippen LogP contribution in [0.5, 0.6) is 0 Å². The van der Waals surface area contributed by atoms with Crippen LogP contribution in [0, 0.1) is 0 Å². The van der Waals surface area contributed by atoms with Gasteiger partial charge in [0.25, 0.3) is 0 Å². The van der Waals surface area contributed by atoms with Gasteiger partial charge < -0.3 is 4.74 Å². The first kappa shape index (κ1) is 9.64. The van der Waals surface area contributed by atoms with Crippen LogP contribution in [0.4, 0.5) is 17.6 Å². The number of hydrogen-bond donors (Lipinski definition) is 0. The Kier molecular flexibility index (Phi) is 4.29. The fraction of sp³-hybridized carbons (Fsp3) is 1.00. The third-order valence-electron chi connectivity index (χ3n) is 0.571. The van der Waals surface area contributed by atoms with Crippen LogP contribution in [0.1, 0.15) is 0 Å². The van der Waals surface area contributed by atoms with Crippen LogP contribution in [0.3, 0.4) is 0 Å². The molecule has 0 heterocycles.